The quantitative estimate of drug-likeness (QED) is 0.859. The van der Waals surface area contributed by atoms with Gasteiger partial charge in [-0.25, -0.2) is 8.78 Å². The molecule has 2 N–H and O–H groups in total. The van der Waals surface area contributed by atoms with Crippen molar-refractivity contribution in [1.29, 1.82) is 0 Å². The number of benzene rings is 2. The first-order valence-electron chi connectivity index (χ1n) is 7.06. The molecule has 0 aliphatic rings. The molecular weight excluding hydrogens is 286 g/mol. The molecule has 0 aromatic heterocycles. The molecule has 1 amide bonds. The Bertz CT molecular complexity index is 642. The van der Waals surface area contributed by atoms with Crippen LogP contribution in [0.3, 0.4) is 0 Å². The predicted octanol–water partition coefficient (Wildman–Crippen LogP) is 3.39. The van der Waals surface area contributed by atoms with E-state index in [1.54, 1.807) is 0 Å². The molecule has 0 bridgehead atoms. The average molecular weight is 304 g/mol. The Hall–Kier alpha value is -2.43. The topological polar surface area (TPSA) is 41.1 Å². The largest absolute Gasteiger partial charge is 0.384 e. The minimum Gasteiger partial charge on any atom is -0.384 e. The zero-order chi connectivity index (χ0) is 15.9. The lowest BCUT2D eigenvalue weighted by Gasteiger charge is -2.08. The number of rotatable bonds is 6. The summed E-state index contributed by atoms with van der Waals surface area (Å²) in [6.45, 7) is 2.83. The fourth-order valence-corrected chi connectivity index (χ4v) is 1.92. The monoisotopic (exact) mass is 304 g/mol. The van der Waals surface area contributed by atoms with Crippen LogP contribution in [0.1, 0.15) is 17.5 Å². The molecule has 0 radical (unpaired) electrons. The first-order chi connectivity index (χ1) is 10.5. The molecule has 3 nitrogen and oxygen atoms in total. The Morgan fingerprint density at radius 3 is 2.45 bits per heavy atom. The van der Waals surface area contributed by atoms with Crippen LogP contribution >= 0.6 is 0 Å². The van der Waals surface area contributed by atoms with Gasteiger partial charge in [-0.05, 0) is 30.7 Å². The number of amides is 1. The average Bonchev–Trinajstić information content (AvgIpc) is 2.50. The van der Waals surface area contributed by atoms with Crippen molar-refractivity contribution in [3.05, 3.63) is 65.2 Å². The summed E-state index contributed by atoms with van der Waals surface area (Å²) >= 11 is 0. The van der Waals surface area contributed by atoms with Crippen molar-refractivity contribution in [2.45, 2.75) is 19.9 Å². The van der Waals surface area contributed by atoms with E-state index in [-0.39, 0.29) is 12.3 Å². The van der Waals surface area contributed by atoms with E-state index in [1.807, 2.05) is 31.2 Å². The molecule has 2 aromatic rings. The molecular formula is C17H18F2N2O. The van der Waals surface area contributed by atoms with Crippen LogP contribution in [0, 0.1) is 18.6 Å². The SMILES string of the molecule is Cc1ccc(CNC(=O)CCNc2ccc(F)c(F)c2)cc1. The Balaban J connectivity index is 1.71. The standard InChI is InChI=1S/C17H18F2N2O/c1-12-2-4-13(5-3-12)11-21-17(22)8-9-20-14-6-7-15(18)16(19)10-14/h2-7,10,20H,8-9,11H2,1H3,(H,21,22). The van der Waals surface area contributed by atoms with Crippen molar-refractivity contribution in [3.63, 3.8) is 0 Å². The second-order valence-electron chi connectivity index (χ2n) is 5.07. The highest BCUT2D eigenvalue weighted by molar-refractivity contribution is 5.76. The molecule has 22 heavy (non-hydrogen) atoms. The van der Waals surface area contributed by atoms with Crippen LogP contribution in [0.4, 0.5) is 14.5 Å². The number of hydrogen-bond donors (Lipinski definition) is 2. The lowest BCUT2D eigenvalue weighted by atomic mass is 10.1. The van der Waals surface area contributed by atoms with Crippen molar-refractivity contribution in [2.24, 2.45) is 0 Å². The third-order valence-corrected chi connectivity index (χ3v) is 3.21. The van der Waals surface area contributed by atoms with Gasteiger partial charge in [-0.3, -0.25) is 4.79 Å². The van der Waals surface area contributed by atoms with E-state index in [4.69, 9.17) is 0 Å². The lowest BCUT2D eigenvalue weighted by molar-refractivity contribution is -0.121. The van der Waals surface area contributed by atoms with Gasteiger partial charge >= 0.3 is 0 Å². The van der Waals surface area contributed by atoms with E-state index in [0.29, 0.717) is 18.8 Å². The van der Waals surface area contributed by atoms with E-state index in [9.17, 15) is 13.6 Å². The van der Waals surface area contributed by atoms with Gasteiger partial charge in [-0.15, -0.1) is 0 Å². The molecule has 2 rings (SSSR count). The maximum absolute atomic E-state index is 13.0. The smallest absolute Gasteiger partial charge is 0.222 e. The summed E-state index contributed by atoms with van der Waals surface area (Å²) < 4.78 is 25.8. The van der Waals surface area contributed by atoms with Gasteiger partial charge in [-0.2, -0.15) is 0 Å². The maximum Gasteiger partial charge on any atom is 0.222 e. The molecule has 5 heteroatoms. The van der Waals surface area contributed by atoms with E-state index >= 15 is 0 Å². The highest BCUT2D eigenvalue weighted by Crippen LogP contribution is 2.12. The van der Waals surface area contributed by atoms with Crippen LogP contribution in [0.5, 0.6) is 0 Å². The van der Waals surface area contributed by atoms with Crippen LogP contribution in [-0.4, -0.2) is 12.5 Å². The number of carbonyl (C=O) groups excluding carboxylic acids is 1. The predicted molar refractivity (Wildman–Crippen MR) is 82.5 cm³/mol. The van der Waals surface area contributed by atoms with Crippen LogP contribution < -0.4 is 10.6 Å². The van der Waals surface area contributed by atoms with Crippen molar-refractivity contribution in [3.8, 4) is 0 Å². The molecule has 2 aromatic carbocycles. The molecule has 0 unspecified atom stereocenters. The first kappa shape index (κ1) is 15.9. The fourth-order valence-electron chi connectivity index (χ4n) is 1.92. The maximum atomic E-state index is 13.0. The fraction of sp³-hybridized carbons (Fsp3) is 0.235. The van der Waals surface area contributed by atoms with E-state index in [1.165, 1.54) is 11.6 Å². The van der Waals surface area contributed by atoms with Crippen LogP contribution in [-0.2, 0) is 11.3 Å². The van der Waals surface area contributed by atoms with Crippen LogP contribution in [0.25, 0.3) is 0 Å². The number of anilines is 1. The van der Waals surface area contributed by atoms with E-state index in [2.05, 4.69) is 10.6 Å². The van der Waals surface area contributed by atoms with Gasteiger partial charge in [0.1, 0.15) is 0 Å². The number of hydrogen-bond acceptors (Lipinski definition) is 2. The van der Waals surface area contributed by atoms with Crippen LogP contribution in [0.2, 0.25) is 0 Å². The summed E-state index contributed by atoms with van der Waals surface area (Å²) in [5, 5.41) is 5.69. The number of halogens is 2. The molecule has 0 atom stereocenters. The van der Waals surface area contributed by atoms with Crippen molar-refractivity contribution in [2.75, 3.05) is 11.9 Å². The highest BCUT2D eigenvalue weighted by atomic mass is 19.2. The normalized spacial score (nSPS) is 10.3. The summed E-state index contributed by atoms with van der Waals surface area (Å²) in [5.74, 6) is -1.90. The summed E-state index contributed by atoms with van der Waals surface area (Å²) in [4.78, 5) is 11.7. The summed E-state index contributed by atoms with van der Waals surface area (Å²) in [7, 11) is 0. The minimum absolute atomic E-state index is 0.101. The van der Waals surface area contributed by atoms with Gasteiger partial charge in [0, 0.05) is 25.2 Å². The lowest BCUT2D eigenvalue weighted by Crippen LogP contribution is -2.24. The third kappa shape index (κ3) is 4.84. The van der Waals surface area contributed by atoms with Gasteiger partial charge in [0.25, 0.3) is 0 Å². The summed E-state index contributed by atoms with van der Waals surface area (Å²) in [6.07, 6.45) is 0.255. The van der Waals surface area contributed by atoms with Crippen molar-refractivity contribution in [1.82, 2.24) is 5.32 Å². The van der Waals surface area contributed by atoms with Gasteiger partial charge in [0.05, 0.1) is 0 Å². The summed E-state index contributed by atoms with van der Waals surface area (Å²) in [6, 6.07) is 11.5. The van der Waals surface area contributed by atoms with Crippen molar-refractivity contribution >= 4 is 11.6 Å². The summed E-state index contributed by atoms with van der Waals surface area (Å²) in [5.41, 5.74) is 2.66. The molecule has 0 fully saturated rings. The Kier molecular flexibility index (Phi) is 5.47. The van der Waals surface area contributed by atoms with Crippen LogP contribution in [0.15, 0.2) is 42.5 Å². The molecule has 116 valence electrons. The van der Waals surface area contributed by atoms with Gasteiger partial charge < -0.3 is 10.6 Å². The van der Waals surface area contributed by atoms with E-state index < -0.39 is 11.6 Å². The second-order valence-corrected chi connectivity index (χ2v) is 5.07. The Morgan fingerprint density at radius 1 is 1.05 bits per heavy atom. The molecule has 0 heterocycles. The van der Waals surface area contributed by atoms with E-state index in [0.717, 1.165) is 17.7 Å². The molecule has 0 aliphatic carbocycles. The third-order valence-electron chi connectivity index (χ3n) is 3.21. The zero-order valence-corrected chi connectivity index (χ0v) is 12.3. The van der Waals surface area contributed by atoms with Gasteiger partial charge in [0.2, 0.25) is 5.91 Å². The second kappa shape index (κ2) is 7.54. The first-order valence-corrected chi connectivity index (χ1v) is 7.06. The molecule has 0 aliphatic heterocycles. The zero-order valence-electron chi connectivity index (χ0n) is 12.3. The van der Waals surface area contributed by atoms with Crippen molar-refractivity contribution < 1.29 is 13.6 Å². The number of aryl methyl sites for hydroxylation is 1. The Morgan fingerprint density at radius 2 is 1.77 bits per heavy atom. The number of carbonyl (C=O) groups is 1. The molecule has 0 saturated carbocycles. The molecule has 0 saturated heterocycles. The molecule has 0 spiro atoms. The Labute approximate surface area is 128 Å². The van der Waals surface area contributed by atoms with Gasteiger partial charge in [-0.1, -0.05) is 29.8 Å². The minimum atomic E-state index is -0.908. The van der Waals surface area contributed by atoms with Gasteiger partial charge in [0.15, 0.2) is 11.6 Å². The highest BCUT2D eigenvalue weighted by Gasteiger charge is 2.04. The number of nitrogens with one attached hydrogen (secondary N) is 2.